The number of quaternary nitrogens is 4. The molecule has 0 bridgehead atoms. The van der Waals surface area contributed by atoms with Crippen LogP contribution in [0.15, 0.2) is 0 Å². The van der Waals surface area contributed by atoms with Gasteiger partial charge in [-0.25, -0.2) is 0 Å². The molecule has 55 heavy (non-hydrogen) atoms. The predicted molar refractivity (Wildman–Crippen MR) is 196 cm³/mol. The lowest BCUT2D eigenvalue weighted by Crippen LogP contribution is -3.11. The van der Waals surface area contributed by atoms with Gasteiger partial charge in [-0.3, -0.25) is 9.13 Å². The van der Waals surface area contributed by atoms with Gasteiger partial charge in [-0.05, 0) is 83.1 Å². The van der Waals surface area contributed by atoms with Gasteiger partial charge >= 0.3 is 0 Å². The normalized spacial score (nSPS) is 20.7. The summed E-state index contributed by atoms with van der Waals surface area (Å²) in [6, 6.07) is 0. The zero-order valence-corrected chi connectivity index (χ0v) is 38.6. The fraction of sp³-hybridized carbons (Fsp3) is 1.00. The van der Waals surface area contributed by atoms with E-state index in [4.69, 9.17) is 14.5 Å². The van der Waals surface area contributed by atoms with Gasteiger partial charge in [0.15, 0.2) is 0 Å². The van der Waals surface area contributed by atoms with Crippen LogP contribution in [0.4, 0.5) is 0 Å². The van der Waals surface area contributed by atoms with Crippen molar-refractivity contribution >= 4 is 31.3 Å². The predicted octanol–water partition coefficient (Wildman–Crippen LogP) is -6.14. The third-order valence-electron chi connectivity index (χ3n) is 8.71. The van der Waals surface area contributed by atoms with Gasteiger partial charge in [0.25, 0.3) is 15.6 Å². The Labute approximate surface area is 329 Å². The van der Waals surface area contributed by atoms with Gasteiger partial charge in [-0.15, -0.1) is 0 Å². The number of phosphoric acid groups is 4. The number of hydrogen-bond donors (Lipinski definition) is 6. The molecule has 6 N–H and O–H groups in total. The molecule has 0 aromatic rings. The topological polar surface area (TPSA) is 311 Å². The lowest BCUT2D eigenvalue weighted by atomic mass is 10.1. The van der Waals surface area contributed by atoms with Crippen LogP contribution < -0.4 is 49.0 Å². The number of nitrogens with one attached hydrogen (secondary N) is 4. The SMILES string of the molecule is CC[NH+](CC)CC.CC[NH+](CC)CC.CC[NH+](CC)CC.CC[NH+](CC)CC.O=P([O-])([O-])OC[C@H]1O[C@H](COP(=O)([O-])O)[C@@H](OP(=O)([O-])O)[C@@H]1OP(=O)([O-])[O-]. The highest BCUT2D eigenvalue weighted by Crippen LogP contribution is 2.44. The number of phosphoric ester groups is 4. The van der Waals surface area contributed by atoms with Gasteiger partial charge in [-0.1, -0.05) is 0 Å². The number of rotatable bonds is 22. The van der Waals surface area contributed by atoms with Crippen LogP contribution in [0.3, 0.4) is 0 Å². The fourth-order valence-corrected chi connectivity index (χ4v) is 6.74. The van der Waals surface area contributed by atoms with Crippen LogP contribution in [0.25, 0.3) is 0 Å². The first-order valence-corrected chi connectivity index (χ1v) is 24.9. The molecule has 0 aromatic carbocycles. The van der Waals surface area contributed by atoms with Crippen LogP contribution in [0.5, 0.6) is 0 Å². The molecule has 1 heterocycles. The van der Waals surface area contributed by atoms with E-state index in [-0.39, 0.29) is 0 Å². The van der Waals surface area contributed by atoms with E-state index in [1.807, 2.05) is 0 Å². The summed E-state index contributed by atoms with van der Waals surface area (Å²) >= 11 is 0. The zero-order valence-electron chi connectivity index (χ0n) is 35.0. The number of hydrogen-bond acceptors (Lipinski definition) is 15. The van der Waals surface area contributed by atoms with E-state index in [0.717, 1.165) is 0 Å². The molecule has 0 spiro atoms. The van der Waals surface area contributed by atoms with E-state index in [1.54, 1.807) is 19.6 Å². The molecule has 25 heteroatoms. The molecular formula is C30H74N4O17P4-2. The van der Waals surface area contributed by atoms with Crippen molar-refractivity contribution in [2.24, 2.45) is 0 Å². The highest BCUT2D eigenvalue weighted by Gasteiger charge is 2.48. The van der Waals surface area contributed by atoms with Crippen molar-refractivity contribution in [3.8, 4) is 0 Å². The summed E-state index contributed by atoms with van der Waals surface area (Å²) in [6.45, 7) is 39.4. The second-order valence-electron chi connectivity index (χ2n) is 12.0. The van der Waals surface area contributed by atoms with Crippen LogP contribution >= 0.6 is 31.3 Å². The first kappa shape index (κ1) is 61.9. The quantitative estimate of drug-likeness (QED) is 0.0551. The van der Waals surface area contributed by atoms with E-state index < -0.39 is 68.9 Å². The first-order chi connectivity index (χ1) is 25.2. The smallest absolute Gasteiger partial charge is 0.265 e. The van der Waals surface area contributed by atoms with E-state index >= 15 is 0 Å². The van der Waals surface area contributed by atoms with Crippen molar-refractivity contribution in [1.82, 2.24) is 0 Å². The molecule has 1 aliphatic heterocycles. The van der Waals surface area contributed by atoms with Crippen LogP contribution in [-0.2, 0) is 41.1 Å². The monoisotopic (exact) mass is 886 g/mol. The average molecular weight is 887 g/mol. The van der Waals surface area contributed by atoms with Crippen LogP contribution in [0.1, 0.15) is 83.1 Å². The molecule has 1 fully saturated rings. The van der Waals surface area contributed by atoms with Gasteiger partial charge in [-0.2, -0.15) is 0 Å². The maximum Gasteiger partial charge on any atom is 0.265 e. The minimum absolute atomic E-state index is 1.26. The summed E-state index contributed by atoms with van der Waals surface area (Å²) in [4.78, 5) is 88.1. The van der Waals surface area contributed by atoms with Crippen LogP contribution in [0.2, 0.25) is 0 Å². The lowest BCUT2D eigenvalue weighted by molar-refractivity contribution is -0.894. The second kappa shape index (κ2) is 34.0. The molecular weight excluding hydrogens is 812 g/mol. The highest BCUT2D eigenvalue weighted by atomic mass is 31.2. The summed E-state index contributed by atoms with van der Waals surface area (Å²) < 4.78 is 63.4. The minimum atomic E-state index is -5.92. The van der Waals surface area contributed by atoms with Gasteiger partial charge in [0.05, 0.1) is 107 Å². The zero-order chi connectivity index (χ0) is 44.1. The molecule has 0 amide bonds. The van der Waals surface area contributed by atoms with Crippen molar-refractivity contribution in [2.45, 2.75) is 108 Å². The maximum atomic E-state index is 10.9. The van der Waals surface area contributed by atoms with Crippen molar-refractivity contribution in [2.75, 3.05) is 91.8 Å². The third-order valence-corrected chi connectivity index (χ3v) is 10.7. The summed E-state index contributed by atoms with van der Waals surface area (Å²) in [7, 11) is -22.7. The molecule has 0 saturated carbocycles. The van der Waals surface area contributed by atoms with Gasteiger partial charge in [0, 0.05) is 0 Å². The Hall–Kier alpha value is 0.240. The number of ether oxygens (including phenoxy) is 1. The molecule has 2 unspecified atom stereocenters. The van der Waals surface area contributed by atoms with Crippen molar-refractivity contribution in [3.63, 3.8) is 0 Å². The molecule has 6 atom stereocenters. The Bertz CT molecular complexity index is 951. The van der Waals surface area contributed by atoms with Crippen LogP contribution in [0, 0.1) is 0 Å². The Balaban J connectivity index is -0.000000373. The Kier molecular flexibility index (Phi) is 38.3. The molecule has 1 aliphatic rings. The summed E-state index contributed by atoms with van der Waals surface area (Å²) in [5.74, 6) is 0. The summed E-state index contributed by atoms with van der Waals surface area (Å²) in [6.07, 6.45) is -8.55. The molecule has 21 nitrogen and oxygen atoms in total. The van der Waals surface area contributed by atoms with E-state index in [9.17, 15) is 47.6 Å². The van der Waals surface area contributed by atoms with Crippen molar-refractivity contribution in [1.29, 1.82) is 0 Å². The Morgan fingerprint density at radius 3 is 0.873 bits per heavy atom. The second-order valence-corrected chi connectivity index (χ2v) is 16.6. The highest BCUT2D eigenvalue weighted by molar-refractivity contribution is 7.45. The molecule has 338 valence electrons. The molecule has 1 saturated heterocycles. The maximum absolute atomic E-state index is 10.9. The third kappa shape index (κ3) is 38.2. The van der Waals surface area contributed by atoms with Gasteiger partial charge in [0.2, 0.25) is 0 Å². The van der Waals surface area contributed by atoms with E-state index in [2.05, 4.69) is 101 Å². The van der Waals surface area contributed by atoms with Crippen molar-refractivity contribution < 1.29 is 99.8 Å². The van der Waals surface area contributed by atoms with E-state index in [0.29, 0.717) is 0 Å². The molecule has 1 rings (SSSR count). The standard InChI is InChI=1S/4C6H15N.C6H16O17P4/c4*1-4-7(5-2)6-3;7-24(8,9)19-1-3-5(22-26(13,14)15)6(23-27(16,17)18)4(21-3)2-20-25(10,11)12/h4*4-6H2,1-3H3;3-6H,1-2H2,(H2,7,8,9)(H2,10,11,12)(H2,13,14,15)(H2,16,17,18)/p-2/t;;;;3-,4-,5-,6-/m....1/s1. The summed E-state index contributed by atoms with van der Waals surface area (Å²) in [5.41, 5.74) is 0. The van der Waals surface area contributed by atoms with E-state index in [1.165, 1.54) is 78.5 Å². The van der Waals surface area contributed by atoms with Gasteiger partial charge < -0.3 is 90.7 Å². The summed E-state index contributed by atoms with van der Waals surface area (Å²) in [5, 5.41) is 0. The molecule has 0 aromatic heterocycles. The van der Waals surface area contributed by atoms with Crippen molar-refractivity contribution in [3.05, 3.63) is 0 Å². The van der Waals surface area contributed by atoms with Gasteiger partial charge in [0.1, 0.15) is 24.4 Å². The fourth-order valence-electron chi connectivity index (χ4n) is 4.96. The largest absolute Gasteiger partial charge is 0.790 e. The Morgan fingerprint density at radius 2 is 0.691 bits per heavy atom. The first-order valence-electron chi connectivity index (χ1n) is 19.0. The van der Waals surface area contributed by atoms with Crippen LogP contribution in [-0.4, -0.2) is 126 Å². The molecule has 0 aliphatic carbocycles. The molecule has 0 radical (unpaired) electrons. The minimum Gasteiger partial charge on any atom is -0.790 e. The lowest BCUT2D eigenvalue weighted by Gasteiger charge is -2.37. The Morgan fingerprint density at radius 1 is 0.436 bits per heavy atom. The average Bonchev–Trinajstić information content (AvgIpc) is 3.39.